The van der Waals surface area contributed by atoms with E-state index >= 15 is 0 Å². The highest BCUT2D eigenvalue weighted by atomic mass is 19.1. The zero-order valence-electron chi connectivity index (χ0n) is 13.5. The fourth-order valence-electron chi connectivity index (χ4n) is 2.20. The standard InChI is InChI=1S/C18H19F2NO3/c1-3-23-16-6-4-5-7-17(16)24-11-18(22)21-12(2)14-9-8-13(19)10-15(14)20/h4-10,12H,3,11H2,1-2H3,(H,21,22). The molecule has 24 heavy (non-hydrogen) atoms. The predicted octanol–water partition coefficient (Wildman–Crippen LogP) is 3.62. The van der Waals surface area contributed by atoms with Crippen LogP contribution in [0.3, 0.4) is 0 Å². The van der Waals surface area contributed by atoms with Gasteiger partial charge in [-0.25, -0.2) is 8.78 Å². The van der Waals surface area contributed by atoms with E-state index in [-0.39, 0.29) is 12.2 Å². The highest BCUT2D eigenvalue weighted by Crippen LogP contribution is 2.26. The molecular weight excluding hydrogens is 316 g/mol. The van der Waals surface area contributed by atoms with Crippen LogP contribution >= 0.6 is 0 Å². The first-order chi connectivity index (χ1) is 11.5. The van der Waals surface area contributed by atoms with Crippen LogP contribution in [0, 0.1) is 11.6 Å². The van der Waals surface area contributed by atoms with Gasteiger partial charge >= 0.3 is 0 Å². The van der Waals surface area contributed by atoms with Crippen LogP contribution in [-0.2, 0) is 4.79 Å². The Balaban J connectivity index is 1.94. The highest BCUT2D eigenvalue weighted by Gasteiger charge is 2.15. The molecule has 0 fully saturated rings. The summed E-state index contributed by atoms with van der Waals surface area (Å²) in [5.41, 5.74) is 0.208. The van der Waals surface area contributed by atoms with Crippen LogP contribution in [-0.4, -0.2) is 19.1 Å². The molecule has 2 rings (SSSR count). The first kappa shape index (κ1) is 17.7. The number of carbonyl (C=O) groups is 1. The van der Waals surface area contributed by atoms with Crippen molar-refractivity contribution in [3.8, 4) is 11.5 Å². The summed E-state index contributed by atoms with van der Waals surface area (Å²) < 4.78 is 37.5. The summed E-state index contributed by atoms with van der Waals surface area (Å²) in [6, 6.07) is 9.64. The van der Waals surface area contributed by atoms with Gasteiger partial charge in [-0.15, -0.1) is 0 Å². The van der Waals surface area contributed by atoms with Crippen molar-refractivity contribution in [2.75, 3.05) is 13.2 Å². The first-order valence-electron chi connectivity index (χ1n) is 7.60. The van der Waals surface area contributed by atoms with E-state index in [0.717, 1.165) is 12.1 Å². The number of hydrogen-bond acceptors (Lipinski definition) is 3. The minimum absolute atomic E-state index is 0.208. The lowest BCUT2D eigenvalue weighted by molar-refractivity contribution is -0.123. The second-order valence-electron chi connectivity index (χ2n) is 5.12. The highest BCUT2D eigenvalue weighted by molar-refractivity contribution is 5.78. The molecule has 0 saturated carbocycles. The fourth-order valence-corrected chi connectivity index (χ4v) is 2.20. The molecular formula is C18H19F2NO3. The quantitative estimate of drug-likeness (QED) is 0.841. The number of amides is 1. The lowest BCUT2D eigenvalue weighted by Gasteiger charge is -2.16. The average molecular weight is 335 g/mol. The summed E-state index contributed by atoms with van der Waals surface area (Å²) in [5.74, 6) is -0.783. The molecule has 2 aromatic carbocycles. The van der Waals surface area contributed by atoms with Crippen LogP contribution in [0.1, 0.15) is 25.5 Å². The van der Waals surface area contributed by atoms with E-state index in [1.165, 1.54) is 6.07 Å². The smallest absolute Gasteiger partial charge is 0.258 e. The van der Waals surface area contributed by atoms with Gasteiger partial charge in [0.25, 0.3) is 5.91 Å². The molecule has 0 spiro atoms. The molecule has 1 N–H and O–H groups in total. The molecule has 1 unspecified atom stereocenters. The van der Waals surface area contributed by atoms with Crippen molar-refractivity contribution in [2.24, 2.45) is 0 Å². The van der Waals surface area contributed by atoms with Crippen molar-refractivity contribution in [3.05, 3.63) is 59.7 Å². The Morgan fingerprint density at radius 3 is 2.42 bits per heavy atom. The van der Waals surface area contributed by atoms with E-state index in [0.29, 0.717) is 18.1 Å². The van der Waals surface area contributed by atoms with Gasteiger partial charge in [0.15, 0.2) is 18.1 Å². The Bertz CT molecular complexity index is 706. The van der Waals surface area contributed by atoms with Gasteiger partial charge < -0.3 is 14.8 Å². The van der Waals surface area contributed by atoms with Crippen molar-refractivity contribution in [2.45, 2.75) is 19.9 Å². The third-order valence-corrected chi connectivity index (χ3v) is 3.31. The normalized spacial score (nSPS) is 11.7. The van der Waals surface area contributed by atoms with Crippen LogP contribution in [0.2, 0.25) is 0 Å². The third kappa shape index (κ3) is 4.68. The molecule has 6 heteroatoms. The topological polar surface area (TPSA) is 47.6 Å². The fraction of sp³-hybridized carbons (Fsp3) is 0.278. The van der Waals surface area contributed by atoms with E-state index in [2.05, 4.69) is 5.32 Å². The van der Waals surface area contributed by atoms with Crippen LogP contribution in [0.5, 0.6) is 11.5 Å². The molecule has 0 radical (unpaired) electrons. The largest absolute Gasteiger partial charge is 0.490 e. The lowest BCUT2D eigenvalue weighted by Crippen LogP contribution is -2.31. The van der Waals surface area contributed by atoms with E-state index in [1.54, 1.807) is 31.2 Å². The lowest BCUT2D eigenvalue weighted by atomic mass is 10.1. The molecule has 0 aliphatic heterocycles. The number of nitrogens with one attached hydrogen (secondary N) is 1. The molecule has 0 aliphatic rings. The third-order valence-electron chi connectivity index (χ3n) is 3.31. The molecule has 2 aromatic rings. The summed E-state index contributed by atoms with van der Waals surface area (Å²) >= 11 is 0. The summed E-state index contributed by atoms with van der Waals surface area (Å²) in [7, 11) is 0. The van der Waals surface area contributed by atoms with Crippen molar-refractivity contribution >= 4 is 5.91 Å². The SMILES string of the molecule is CCOc1ccccc1OCC(=O)NC(C)c1ccc(F)cc1F. The zero-order chi connectivity index (χ0) is 17.5. The number of rotatable bonds is 7. The van der Waals surface area contributed by atoms with E-state index in [1.807, 2.05) is 6.92 Å². The van der Waals surface area contributed by atoms with Crippen molar-refractivity contribution < 1.29 is 23.0 Å². The first-order valence-corrected chi connectivity index (χ1v) is 7.60. The van der Waals surface area contributed by atoms with E-state index in [9.17, 15) is 13.6 Å². The minimum Gasteiger partial charge on any atom is -0.490 e. The molecule has 4 nitrogen and oxygen atoms in total. The van der Waals surface area contributed by atoms with Crippen molar-refractivity contribution in [3.63, 3.8) is 0 Å². The second kappa shape index (κ2) is 8.29. The number of carbonyl (C=O) groups excluding carboxylic acids is 1. The van der Waals surface area contributed by atoms with Gasteiger partial charge in [0.2, 0.25) is 0 Å². The van der Waals surface area contributed by atoms with Gasteiger partial charge in [0, 0.05) is 11.6 Å². The van der Waals surface area contributed by atoms with Gasteiger partial charge in [0.1, 0.15) is 11.6 Å². The molecule has 1 atom stereocenters. The maximum absolute atomic E-state index is 13.7. The van der Waals surface area contributed by atoms with Gasteiger partial charge in [-0.3, -0.25) is 4.79 Å². The van der Waals surface area contributed by atoms with Gasteiger partial charge in [0.05, 0.1) is 12.6 Å². The van der Waals surface area contributed by atoms with Crippen LogP contribution in [0.25, 0.3) is 0 Å². The number of para-hydroxylation sites is 2. The second-order valence-corrected chi connectivity index (χ2v) is 5.12. The number of hydrogen-bond donors (Lipinski definition) is 1. The zero-order valence-corrected chi connectivity index (χ0v) is 13.5. The summed E-state index contributed by atoms with van der Waals surface area (Å²) in [6.45, 7) is 3.70. The Morgan fingerprint density at radius 2 is 1.79 bits per heavy atom. The van der Waals surface area contributed by atoms with Gasteiger partial charge in [-0.1, -0.05) is 18.2 Å². The maximum atomic E-state index is 13.7. The van der Waals surface area contributed by atoms with Crippen LogP contribution in [0.15, 0.2) is 42.5 Å². The molecule has 1 amide bonds. The summed E-state index contributed by atoms with van der Waals surface area (Å²) in [4.78, 5) is 12.0. The van der Waals surface area contributed by atoms with Gasteiger partial charge in [-0.05, 0) is 32.0 Å². The summed E-state index contributed by atoms with van der Waals surface area (Å²) in [5, 5.41) is 2.61. The van der Waals surface area contributed by atoms with E-state index < -0.39 is 23.6 Å². The predicted molar refractivity (Wildman–Crippen MR) is 86.0 cm³/mol. The Kier molecular flexibility index (Phi) is 6.12. The summed E-state index contributed by atoms with van der Waals surface area (Å²) in [6.07, 6.45) is 0. The van der Waals surface area contributed by atoms with Crippen molar-refractivity contribution in [1.29, 1.82) is 0 Å². The molecule has 0 saturated heterocycles. The Labute approximate surface area is 139 Å². The molecule has 128 valence electrons. The average Bonchev–Trinajstić information content (AvgIpc) is 2.54. The van der Waals surface area contributed by atoms with Crippen LogP contribution in [0.4, 0.5) is 8.78 Å². The maximum Gasteiger partial charge on any atom is 0.258 e. The molecule has 0 aliphatic carbocycles. The minimum atomic E-state index is -0.703. The van der Waals surface area contributed by atoms with Gasteiger partial charge in [-0.2, -0.15) is 0 Å². The molecule has 0 aromatic heterocycles. The van der Waals surface area contributed by atoms with Crippen LogP contribution < -0.4 is 14.8 Å². The number of ether oxygens (including phenoxy) is 2. The number of halogens is 2. The number of benzene rings is 2. The van der Waals surface area contributed by atoms with E-state index in [4.69, 9.17) is 9.47 Å². The molecule has 0 heterocycles. The van der Waals surface area contributed by atoms with Crippen molar-refractivity contribution in [1.82, 2.24) is 5.32 Å². The Hall–Kier alpha value is -2.63. The monoisotopic (exact) mass is 335 g/mol. The molecule has 0 bridgehead atoms. The Morgan fingerprint density at radius 1 is 1.12 bits per heavy atom.